The van der Waals surface area contributed by atoms with E-state index >= 15 is 0 Å². The molecule has 142 valence electrons. The van der Waals surface area contributed by atoms with Crippen molar-refractivity contribution in [3.8, 4) is 0 Å². The first-order valence-corrected chi connectivity index (χ1v) is 9.53. The van der Waals surface area contributed by atoms with Crippen LogP contribution in [0.2, 0.25) is 0 Å². The van der Waals surface area contributed by atoms with Crippen molar-refractivity contribution in [2.75, 3.05) is 7.11 Å². The van der Waals surface area contributed by atoms with Crippen molar-refractivity contribution in [2.45, 2.75) is 19.9 Å². The number of benzene rings is 1. The summed E-state index contributed by atoms with van der Waals surface area (Å²) in [6, 6.07) is 12.5. The summed E-state index contributed by atoms with van der Waals surface area (Å²) in [4.78, 5) is 30.8. The van der Waals surface area contributed by atoms with Crippen molar-refractivity contribution in [3.63, 3.8) is 0 Å². The molecule has 0 N–H and O–H groups in total. The summed E-state index contributed by atoms with van der Waals surface area (Å²) < 4.78 is 12.6. The molecule has 0 aliphatic carbocycles. The minimum Gasteiger partial charge on any atom is -0.466 e. The molecule has 3 heterocycles. The Morgan fingerprint density at radius 2 is 1.96 bits per heavy atom. The van der Waals surface area contributed by atoms with Gasteiger partial charge in [-0.1, -0.05) is 41.7 Å². The molecule has 0 spiro atoms. The van der Waals surface area contributed by atoms with Gasteiger partial charge in [-0.25, -0.2) is 9.79 Å². The van der Waals surface area contributed by atoms with E-state index < -0.39 is 12.0 Å². The van der Waals surface area contributed by atoms with E-state index in [0.29, 0.717) is 26.4 Å². The molecule has 1 aromatic carbocycles. The zero-order chi connectivity index (χ0) is 19.8. The average Bonchev–Trinajstić information content (AvgIpc) is 3.24. The molecule has 28 heavy (non-hydrogen) atoms. The van der Waals surface area contributed by atoms with Gasteiger partial charge in [-0.05, 0) is 31.5 Å². The molecule has 0 radical (unpaired) electrons. The molecule has 2 aromatic heterocycles. The van der Waals surface area contributed by atoms with Gasteiger partial charge in [0.05, 0.1) is 29.0 Å². The summed E-state index contributed by atoms with van der Waals surface area (Å²) in [7, 11) is 1.33. The number of hydrogen-bond donors (Lipinski definition) is 0. The van der Waals surface area contributed by atoms with Gasteiger partial charge in [0, 0.05) is 6.08 Å². The lowest BCUT2D eigenvalue weighted by Gasteiger charge is -2.24. The number of carbonyl (C=O) groups excluding carboxylic acids is 1. The minimum absolute atomic E-state index is 0.222. The molecule has 1 aliphatic rings. The molecular formula is C21H18N2O4S. The third kappa shape index (κ3) is 3.03. The molecule has 6 nitrogen and oxygen atoms in total. The lowest BCUT2D eigenvalue weighted by atomic mass is 9.96. The first-order chi connectivity index (χ1) is 13.5. The quantitative estimate of drug-likeness (QED) is 0.639. The Bertz CT molecular complexity index is 1260. The molecule has 7 heteroatoms. The van der Waals surface area contributed by atoms with Crippen LogP contribution in [0.25, 0.3) is 6.08 Å². The van der Waals surface area contributed by atoms with Gasteiger partial charge in [-0.2, -0.15) is 0 Å². The fourth-order valence-electron chi connectivity index (χ4n) is 3.30. The first kappa shape index (κ1) is 18.2. The number of hydrogen-bond acceptors (Lipinski definition) is 6. The summed E-state index contributed by atoms with van der Waals surface area (Å²) in [5.41, 5.74) is 1.50. The maximum Gasteiger partial charge on any atom is 0.338 e. The Balaban J connectivity index is 1.99. The van der Waals surface area contributed by atoms with Crippen LogP contribution in [0.3, 0.4) is 0 Å². The Morgan fingerprint density at radius 3 is 2.61 bits per heavy atom. The maximum atomic E-state index is 13.2. The minimum atomic E-state index is -0.592. The number of fused-ring (bicyclic) bond motifs is 1. The van der Waals surface area contributed by atoms with Crippen LogP contribution in [0.15, 0.2) is 67.9 Å². The van der Waals surface area contributed by atoms with Gasteiger partial charge in [-0.15, -0.1) is 0 Å². The SMILES string of the molecule is COC(=O)C1=C(C)N=c2s/c(=C/c3ccc(C)o3)c(=O)n2[C@@H]1c1ccccc1. The van der Waals surface area contributed by atoms with Gasteiger partial charge in [0.2, 0.25) is 0 Å². The molecule has 4 rings (SSSR count). The van der Waals surface area contributed by atoms with Crippen LogP contribution in [0.1, 0.15) is 30.0 Å². The summed E-state index contributed by atoms with van der Waals surface area (Å²) in [5.74, 6) is 0.874. The summed E-state index contributed by atoms with van der Waals surface area (Å²) >= 11 is 1.27. The molecule has 3 aromatic rings. The Hall–Kier alpha value is -3.19. The van der Waals surface area contributed by atoms with Gasteiger partial charge in [-0.3, -0.25) is 9.36 Å². The topological polar surface area (TPSA) is 73.8 Å². The van der Waals surface area contributed by atoms with E-state index in [1.54, 1.807) is 17.6 Å². The summed E-state index contributed by atoms with van der Waals surface area (Å²) in [6.07, 6.45) is 1.70. The number of methoxy groups -OCH3 is 1. The number of aromatic nitrogens is 1. The highest BCUT2D eigenvalue weighted by molar-refractivity contribution is 7.07. The molecule has 0 fully saturated rings. The Morgan fingerprint density at radius 1 is 1.21 bits per heavy atom. The number of nitrogens with zero attached hydrogens (tertiary/aromatic N) is 2. The van der Waals surface area contributed by atoms with Crippen molar-refractivity contribution in [1.29, 1.82) is 0 Å². The summed E-state index contributed by atoms with van der Waals surface area (Å²) in [6.45, 7) is 3.61. The second-order valence-corrected chi connectivity index (χ2v) is 7.44. The molecule has 1 aliphatic heterocycles. The normalized spacial score (nSPS) is 16.7. The van der Waals surface area contributed by atoms with Crippen LogP contribution >= 0.6 is 11.3 Å². The molecule has 0 amide bonds. The fourth-order valence-corrected chi connectivity index (χ4v) is 4.33. The standard InChI is InChI=1S/C21H18N2O4S/c1-12-9-10-15(27-12)11-16-19(24)23-18(14-7-5-4-6-8-14)17(20(25)26-3)13(2)22-21(23)28-16/h4-11,18H,1-3H3/b16-11+/t18-/m1/s1. The number of esters is 1. The van der Waals surface area contributed by atoms with E-state index in [4.69, 9.17) is 9.15 Å². The van der Waals surface area contributed by atoms with Crippen LogP contribution in [-0.4, -0.2) is 17.6 Å². The van der Waals surface area contributed by atoms with Crippen molar-refractivity contribution < 1.29 is 13.9 Å². The Kier molecular flexibility index (Phi) is 4.60. The molecule has 0 saturated carbocycles. The number of thiazole rings is 1. The van der Waals surface area contributed by atoms with Crippen molar-refractivity contribution in [1.82, 2.24) is 4.57 Å². The van der Waals surface area contributed by atoms with E-state index in [1.165, 1.54) is 18.4 Å². The monoisotopic (exact) mass is 394 g/mol. The van der Waals surface area contributed by atoms with Gasteiger partial charge < -0.3 is 9.15 Å². The zero-order valence-electron chi connectivity index (χ0n) is 15.6. The third-order valence-electron chi connectivity index (χ3n) is 4.58. The number of rotatable bonds is 3. The molecule has 0 unspecified atom stereocenters. The zero-order valence-corrected chi connectivity index (χ0v) is 16.4. The maximum absolute atomic E-state index is 13.2. The van der Waals surface area contributed by atoms with Crippen LogP contribution in [-0.2, 0) is 9.53 Å². The van der Waals surface area contributed by atoms with Gasteiger partial charge >= 0.3 is 5.97 Å². The van der Waals surface area contributed by atoms with Crippen LogP contribution in [0.5, 0.6) is 0 Å². The lowest BCUT2D eigenvalue weighted by molar-refractivity contribution is -0.136. The first-order valence-electron chi connectivity index (χ1n) is 8.72. The number of carbonyl (C=O) groups is 1. The third-order valence-corrected chi connectivity index (χ3v) is 5.56. The Labute approximate surface area is 164 Å². The predicted octanol–water partition coefficient (Wildman–Crippen LogP) is 2.31. The second-order valence-electron chi connectivity index (χ2n) is 6.43. The average molecular weight is 394 g/mol. The highest BCUT2D eigenvalue weighted by Crippen LogP contribution is 2.30. The second kappa shape index (κ2) is 7.09. The van der Waals surface area contributed by atoms with Crippen molar-refractivity contribution >= 4 is 23.4 Å². The summed E-state index contributed by atoms with van der Waals surface area (Å²) in [5, 5.41) is 0. The van der Waals surface area contributed by atoms with E-state index in [2.05, 4.69) is 4.99 Å². The number of aryl methyl sites for hydroxylation is 1. The van der Waals surface area contributed by atoms with E-state index in [9.17, 15) is 9.59 Å². The molecule has 0 bridgehead atoms. The van der Waals surface area contributed by atoms with E-state index in [0.717, 1.165) is 11.3 Å². The highest BCUT2D eigenvalue weighted by atomic mass is 32.1. The van der Waals surface area contributed by atoms with Crippen LogP contribution < -0.4 is 14.9 Å². The van der Waals surface area contributed by atoms with Crippen molar-refractivity contribution in [2.24, 2.45) is 4.99 Å². The number of furan rings is 1. The smallest absolute Gasteiger partial charge is 0.338 e. The van der Waals surface area contributed by atoms with E-state index in [1.807, 2.05) is 49.4 Å². The number of allylic oxidation sites excluding steroid dienone is 1. The number of ether oxygens (including phenoxy) is 1. The molecular weight excluding hydrogens is 376 g/mol. The molecule has 0 saturated heterocycles. The van der Waals surface area contributed by atoms with Gasteiger partial charge in [0.15, 0.2) is 4.80 Å². The van der Waals surface area contributed by atoms with E-state index in [-0.39, 0.29) is 5.56 Å². The predicted molar refractivity (Wildman–Crippen MR) is 106 cm³/mol. The van der Waals surface area contributed by atoms with Crippen LogP contribution in [0, 0.1) is 6.92 Å². The molecule has 1 atom stereocenters. The fraction of sp³-hybridized carbons (Fsp3) is 0.190. The van der Waals surface area contributed by atoms with Gasteiger partial charge in [0.25, 0.3) is 5.56 Å². The van der Waals surface area contributed by atoms with Crippen LogP contribution in [0.4, 0.5) is 0 Å². The highest BCUT2D eigenvalue weighted by Gasteiger charge is 2.32. The van der Waals surface area contributed by atoms with Gasteiger partial charge in [0.1, 0.15) is 11.5 Å². The largest absolute Gasteiger partial charge is 0.466 e. The van der Waals surface area contributed by atoms with Crippen molar-refractivity contribution in [3.05, 3.63) is 90.5 Å². The lowest BCUT2D eigenvalue weighted by Crippen LogP contribution is -2.39.